The van der Waals surface area contributed by atoms with Gasteiger partial charge in [0.1, 0.15) is 5.69 Å². The molecule has 2 aromatic heterocycles. The predicted octanol–water partition coefficient (Wildman–Crippen LogP) is 1.91. The van der Waals surface area contributed by atoms with E-state index >= 15 is 0 Å². The highest BCUT2D eigenvalue weighted by Gasteiger charge is 2.22. The van der Waals surface area contributed by atoms with Crippen LogP contribution >= 0.6 is 11.3 Å². The molecule has 0 spiro atoms. The van der Waals surface area contributed by atoms with Crippen molar-refractivity contribution in [1.29, 1.82) is 0 Å². The average Bonchev–Trinajstić information content (AvgIpc) is 2.93. The number of ether oxygens (including phenoxy) is 1. The molecular formula is C11H13N3O2S. The van der Waals surface area contributed by atoms with Crippen molar-refractivity contribution in [3.63, 3.8) is 0 Å². The summed E-state index contributed by atoms with van der Waals surface area (Å²) in [5, 5.41) is 6.73. The van der Waals surface area contributed by atoms with Gasteiger partial charge in [-0.2, -0.15) is 5.10 Å². The number of nitrogens with zero attached hydrogens (tertiary/aromatic N) is 3. The van der Waals surface area contributed by atoms with Crippen LogP contribution in [0.1, 0.15) is 28.1 Å². The molecule has 0 fully saturated rings. The standard InChI is InChI=1S/C11H13N3O2S/c1-4-14-10(9(16-3)5-12-14)11(15)8-6-17-7(2)13-8/h5-6H,4H2,1-3H3. The van der Waals surface area contributed by atoms with Gasteiger partial charge in [0.25, 0.3) is 0 Å². The summed E-state index contributed by atoms with van der Waals surface area (Å²) in [6.07, 6.45) is 1.55. The van der Waals surface area contributed by atoms with Gasteiger partial charge in [-0.25, -0.2) is 4.98 Å². The number of carbonyl (C=O) groups excluding carboxylic acids is 1. The highest BCUT2D eigenvalue weighted by Crippen LogP contribution is 2.22. The van der Waals surface area contributed by atoms with Crippen LogP contribution in [0.4, 0.5) is 0 Å². The van der Waals surface area contributed by atoms with E-state index in [-0.39, 0.29) is 5.78 Å². The summed E-state index contributed by atoms with van der Waals surface area (Å²) in [4.78, 5) is 16.5. The summed E-state index contributed by atoms with van der Waals surface area (Å²) in [7, 11) is 1.53. The first-order valence-electron chi connectivity index (χ1n) is 5.24. The fraction of sp³-hybridized carbons (Fsp3) is 0.364. The van der Waals surface area contributed by atoms with Crippen LogP contribution < -0.4 is 4.74 Å². The molecule has 0 N–H and O–H groups in total. The van der Waals surface area contributed by atoms with E-state index in [0.717, 1.165) is 5.01 Å². The number of hydrogen-bond acceptors (Lipinski definition) is 5. The van der Waals surface area contributed by atoms with E-state index in [1.165, 1.54) is 18.4 Å². The lowest BCUT2D eigenvalue weighted by molar-refractivity contribution is 0.102. The van der Waals surface area contributed by atoms with Gasteiger partial charge in [0.05, 0.1) is 18.3 Å². The molecule has 2 rings (SSSR count). The summed E-state index contributed by atoms with van der Waals surface area (Å²) >= 11 is 1.45. The Balaban J connectivity index is 2.45. The van der Waals surface area contributed by atoms with Crippen LogP contribution in [0.5, 0.6) is 5.75 Å². The highest BCUT2D eigenvalue weighted by atomic mass is 32.1. The molecule has 0 saturated carbocycles. The SMILES string of the molecule is CCn1ncc(OC)c1C(=O)c1csc(C)n1. The second-order valence-electron chi connectivity index (χ2n) is 3.46. The molecule has 0 aromatic carbocycles. The Bertz CT molecular complexity index is 523. The van der Waals surface area contributed by atoms with Gasteiger partial charge in [-0.05, 0) is 13.8 Å². The van der Waals surface area contributed by atoms with Crippen molar-refractivity contribution in [2.24, 2.45) is 0 Å². The maximum absolute atomic E-state index is 12.3. The zero-order valence-corrected chi connectivity index (χ0v) is 10.7. The third-order valence-corrected chi connectivity index (χ3v) is 3.17. The smallest absolute Gasteiger partial charge is 0.234 e. The summed E-state index contributed by atoms with van der Waals surface area (Å²) in [5.74, 6) is 0.341. The van der Waals surface area contributed by atoms with Gasteiger partial charge in [-0.15, -0.1) is 11.3 Å². The van der Waals surface area contributed by atoms with Crippen LogP contribution in [0.15, 0.2) is 11.6 Å². The number of thiazole rings is 1. The third kappa shape index (κ3) is 2.08. The molecule has 0 aliphatic heterocycles. The number of hydrogen-bond donors (Lipinski definition) is 0. The first-order chi connectivity index (χ1) is 8.17. The second-order valence-corrected chi connectivity index (χ2v) is 4.52. The lowest BCUT2D eigenvalue weighted by atomic mass is 10.2. The van der Waals surface area contributed by atoms with Crippen LogP contribution in [0.2, 0.25) is 0 Å². The molecule has 90 valence electrons. The monoisotopic (exact) mass is 251 g/mol. The van der Waals surface area contributed by atoms with Gasteiger partial charge in [-0.3, -0.25) is 9.48 Å². The lowest BCUT2D eigenvalue weighted by Crippen LogP contribution is -2.12. The number of aromatic nitrogens is 3. The zero-order valence-electron chi connectivity index (χ0n) is 9.93. The van der Waals surface area contributed by atoms with Crippen LogP contribution in [-0.2, 0) is 6.54 Å². The molecular weight excluding hydrogens is 238 g/mol. The number of aryl methyl sites for hydroxylation is 2. The summed E-state index contributed by atoms with van der Waals surface area (Å²) in [6, 6.07) is 0. The Morgan fingerprint density at radius 2 is 2.35 bits per heavy atom. The average molecular weight is 251 g/mol. The molecule has 6 heteroatoms. The van der Waals surface area contributed by atoms with Gasteiger partial charge < -0.3 is 4.74 Å². The number of methoxy groups -OCH3 is 1. The summed E-state index contributed by atoms with van der Waals surface area (Å²) in [5.41, 5.74) is 0.904. The minimum atomic E-state index is -0.148. The lowest BCUT2D eigenvalue weighted by Gasteiger charge is -2.04. The number of rotatable bonds is 4. The molecule has 0 atom stereocenters. The van der Waals surface area contributed by atoms with Gasteiger partial charge in [-0.1, -0.05) is 0 Å². The Morgan fingerprint density at radius 3 is 2.88 bits per heavy atom. The fourth-order valence-corrected chi connectivity index (χ4v) is 2.17. The van der Waals surface area contributed by atoms with E-state index in [0.29, 0.717) is 23.7 Å². The van der Waals surface area contributed by atoms with Gasteiger partial charge in [0.15, 0.2) is 11.4 Å². The number of carbonyl (C=O) groups is 1. The Hall–Kier alpha value is -1.69. The van der Waals surface area contributed by atoms with Gasteiger partial charge >= 0.3 is 0 Å². The normalized spacial score (nSPS) is 10.5. The first kappa shape index (κ1) is 11.8. The fourth-order valence-electron chi connectivity index (χ4n) is 1.58. The molecule has 2 aromatic rings. The molecule has 0 aliphatic rings. The molecule has 17 heavy (non-hydrogen) atoms. The van der Waals surface area contributed by atoms with Crippen molar-refractivity contribution in [3.8, 4) is 5.75 Å². The summed E-state index contributed by atoms with van der Waals surface area (Å²) < 4.78 is 6.77. The third-order valence-electron chi connectivity index (χ3n) is 2.39. The largest absolute Gasteiger partial charge is 0.493 e. The Kier molecular flexibility index (Phi) is 3.23. The molecule has 5 nitrogen and oxygen atoms in total. The van der Waals surface area contributed by atoms with Gasteiger partial charge in [0, 0.05) is 11.9 Å². The van der Waals surface area contributed by atoms with Crippen LogP contribution in [0, 0.1) is 6.92 Å². The molecule has 0 amide bonds. The van der Waals surface area contributed by atoms with E-state index in [1.807, 2.05) is 13.8 Å². The topological polar surface area (TPSA) is 57.0 Å². The molecule has 0 bridgehead atoms. The maximum atomic E-state index is 12.3. The van der Waals surface area contributed by atoms with E-state index in [4.69, 9.17) is 4.74 Å². The highest BCUT2D eigenvalue weighted by molar-refractivity contribution is 7.09. The minimum absolute atomic E-state index is 0.148. The van der Waals surface area contributed by atoms with Crippen molar-refractivity contribution < 1.29 is 9.53 Å². The van der Waals surface area contributed by atoms with Gasteiger partial charge in [0.2, 0.25) is 5.78 Å². The summed E-state index contributed by atoms with van der Waals surface area (Å²) in [6.45, 7) is 4.42. The Labute approximate surface area is 103 Å². The molecule has 2 heterocycles. The van der Waals surface area contributed by atoms with Crippen LogP contribution in [0.3, 0.4) is 0 Å². The second kappa shape index (κ2) is 4.67. The van der Waals surface area contributed by atoms with E-state index in [2.05, 4.69) is 10.1 Å². The Morgan fingerprint density at radius 1 is 1.59 bits per heavy atom. The van der Waals surface area contributed by atoms with Crippen molar-refractivity contribution in [3.05, 3.63) is 28.0 Å². The molecule has 0 radical (unpaired) electrons. The number of ketones is 1. The van der Waals surface area contributed by atoms with Crippen molar-refractivity contribution >= 4 is 17.1 Å². The van der Waals surface area contributed by atoms with Crippen molar-refractivity contribution in [2.45, 2.75) is 20.4 Å². The van der Waals surface area contributed by atoms with E-state index in [9.17, 15) is 4.79 Å². The molecule has 0 unspecified atom stereocenters. The van der Waals surface area contributed by atoms with Crippen LogP contribution in [-0.4, -0.2) is 27.7 Å². The van der Waals surface area contributed by atoms with Crippen molar-refractivity contribution in [1.82, 2.24) is 14.8 Å². The maximum Gasteiger partial charge on any atom is 0.234 e. The van der Waals surface area contributed by atoms with Crippen LogP contribution in [0.25, 0.3) is 0 Å². The zero-order chi connectivity index (χ0) is 12.4. The van der Waals surface area contributed by atoms with E-state index in [1.54, 1.807) is 16.3 Å². The molecule has 0 saturated heterocycles. The van der Waals surface area contributed by atoms with Crippen molar-refractivity contribution in [2.75, 3.05) is 7.11 Å². The van der Waals surface area contributed by atoms with E-state index < -0.39 is 0 Å². The molecule has 0 aliphatic carbocycles. The first-order valence-corrected chi connectivity index (χ1v) is 6.12. The quantitative estimate of drug-likeness (QED) is 0.779. The minimum Gasteiger partial charge on any atom is -0.493 e. The predicted molar refractivity (Wildman–Crippen MR) is 64.7 cm³/mol.